The molecule has 0 atom stereocenters. The lowest BCUT2D eigenvalue weighted by Crippen LogP contribution is -2.54. The maximum Gasteiger partial charge on any atom is 0.335 e. The molecule has 3 heterocycles. The second-order valence-corrected chi connectivity index (χ2v) is 7.85. The fourth-order valence-corrected chi connectivity index (χ4v) is 3.79. The number of rotatable bonds is 5. The molecule has 2 aromatic carbocycles. The van der Waals surface area contributed by atoms with Crippen LogP contribution in [0.2, 0.25) is 0 Å². The van der Waals surface area contributed by atoms with Gasteiger partial charge in [0.15, 0.2) is 18.1 Å². The van der Waals surface area contributed by atoms with E-state index in [4.69, 9.17) is 18.9 Å². The topological polar surface area (TPSA) is 124 Å². The van der Waals surface area contributed by atoms with Crippen molar-refractivity contribution in [2.75, 3.05) is 44.6 Å². The molecule has 11 nitrogen and oxygen atoms in total. The highest BCUT2D eigenvalue weighted by Crippen LogP contribution is 2.36. The molecule has 2 aromatic rings. The predicted molar refractivity (Wildman–Crippen MR) is 121 cm³/mol. The second-order valence-electron chi connectivity index (χ2n) is 7.85. The fourth-order valence-electron chi connectivity index (χ4n) is 3.79. The van der Waals surface area contributed by atoms with E-state index in [1.807, 2.05) is 0 Å². The van der Waals surface area contributed by atoms with Crippen molar-refractivity contribution in [3.8, 4) is 17.2 Å². The summed E-state index contributed by atoms with van der Waals surface area (Å²) in [6.45, 7) is 2.04. The number of carbonyl (C=O) groups is 4. The van der Waals surface area contributed by atoms with Crippen molar-refractivity contribution in [1.29, 1.82) is 0 Å². The molecule has 0 aliphatic carbocycles. The van der Waals surface area contributed by atoms with Crippen LogP contribution in [0.5, 0.6) is 17.2 Å². The highest BCUT2D eigenvalue weighted by molar-refractivity contribution is 6.39. The van der Waals surface area contributed by atoms with Crippen molar-refractivity contribution in [1.82, 2.24) is 10.2 Å². The van der Waals surface area contributed by atoms with Gasteiger partial charge in [-0.25, -0.2) is 9.69 Å². The minimum absolute atomic E-state index is 0.0453. The number of hydrogen-bond acceptors (Lipinski definition) is 8. The van der Waals surface area contributed by atoms with E-state index >= 15 is 0 Å². The maximum absolute atomic E-state index is 13.1. The summed E-state index contributed by atoms with van der Waals surface area (Å²) in [6.07, 6.45) is 1.38. The number of urea groups is 1. The zero-order chi connectivity index (χ0) is 24.4. The van der Waals surface area contributed by atoms with Crippen LogP contribution in [0.1, 0.15) is 5.56 Å². The van der Waals surface area contributed by atoms with Crippen LogP contribution in [-0.4, -0.2) is 68.4 Å². The van der Waals surface area contributed by atoms with Gasteiger partial charge in [-0.1, -0.05) is 12.1 Å². The highest BCUT2D eigenvalue weighted by atomic mass is 16.7. The molecule has 2 saturated heterocycles. The Morgan fingerprint density at radius 1 is 1.00 bits per heavy atom. The van der Waals surface area contributed by atoms with Gasteiger partial charge < -0.3 is 23.8 Å². The van der Waals surface area contributed by atoms with Crippen LogP contribution in [0.3, 0.4) is 0 Å². The third kappa shape index (κ3) is 4.66. The minimum atomic E-state index is -0.857. The summed E-state index contributed by atoms with van der Waals surface area (Å²) < 4.78 is 21.4. The normalized spacial score (nSPS) is 18.6. The van der Waals surface area contributed by atoms with Gasteiger partial charge in [-0.05, 0) is 35.9 Å². The fraction of sp³-hybridized carbons (Fsp3) is 0.250. The summed E-state index contributed by atoms with van der Waals surface area (Å²) in [7, 11) is 0. The SMILES string of the molecule is O=C1NC(=O)N(c2ccc3c(c2)OCO3)C(=O)/C1=C/c1ccc(OCC(=O)N2CCOCC2)cc1. The first-order valence-corrected chi connectivity index (χ1v) is 10.9. The lowest BCUT2D eigenvalue weighted by Gasteiger charge is -2.26. The lowest BCUT2D eigenvalue weighted by atomic mass is 10.1. The van der Waals surface area contributed by atoms with Crippen LogP contribution in [0.25, 0.3) is 6.08 Å². The molecule has 0 radical (unpaired) electrons. The van der Waals surface area contributed by atoms with Gasteiger partial charge in [0.05, 0.1) is 18.9 Å². The van der Waals surface area contributed by atoms with E-state index in [1.165, 1.54) is 18.2 Å². The zero-order valence-electron chi connectivity index (χ0n) is 18.5. The summed E-state index contributed by atoms with van der Waals surface area (Å²) in [5.74, 6) is -0.335. The zero-order valence-corrected chi connectivity index (χ0v) is 18.5. The molecule has 3 aliphatic heterocycles. The molecule has 0 unspecified atom stereocenters. The van der Waals surface area contributed by atoms with Crippen molar-refractivity contribution in [3.63, 3.8) is 0 Å². The van der Waals surface area contributed by atoms with Crippen molar-refractivity contribution >= 4 is 35.5 Å². The molecular weight excluding hydrogens is 458 g/mol. The Kier molecular flexibility index (Phi) is 6.06. The number of benzene rings is 2. The molecule has 5 rings (SSSR count). The number of fused-ring (bicyclic) bond motifs is 1. The molecule has 0 saturated carbocycles. The quantitative estimate of drug-likeness (QED) is 0.503. The Labute approximate surface area is 199 Å². The minimum Gasteiger partial charge on any atom is -0.484 e. The molecule has 5 amide bonds. The maximum atomic E-state index is 13.1. The molecular formula is C24H21N3O8. The predicted octanol–water partition coefficient (Wildman–Crippen LogP) is 1.32. The molecule has 1 N–H and O–H groups in total. The van der Waals surface area contributed by atoms with Gasteiger partial charge in [0, 0.05) is 19.2 Å². The number of hydrogen-bond donors (Lipinski definition) is 1. The second kappa shape index (κ2) is 9.47. The number of ether oxygens (including phenoxy) is 4. The van der Waals surface area contributed by atoms with Crippen LogP contribution in [0.15, 0.2) is 48.0 Å². The summed E-state index contributed by atoms with van der Waals surface area (Å²) in [6, 6.07) is 10.3. The van der Waals surface area contributed by atoms with Crippen LogP contribution >= 0.6 is 0 Å². The van der Waals surface area contributed by atoms with E-state index in [9.17, 15) is 19.2 Å². The number of nitrogens with one attached hydrogen (secondary N) is 1. The molecule has 11 heteroatoms. The standard InChI is InChI=1S/C24H21N3O8/c28-21(26-7-9-32-10-8-26)13-33-17-4-1-15(2-5-17)11-18-22(29)25-24(31)27(23(18)30)16-3-6-19-20(12-16)35-14-34-19/h1-6,11-12H,7-10,13-14H2,(H,25,29,31)/b18-11+. The summed E-state index contributed by atoms with van der Waals surface area (Å²) >= 11 is 0. The Morgan fingerprint density at radius 3 is 2.51 bits per heavy atom. The van der Waals surface area contributed by atoms with Gasteiger partial charge in [-0.15, -0.1) is 0 Å². The van der Waals surface area contributed by atoms with E-state index < -0.39 is 17.8 Å². The number of imide groups is 2. The van der Waals surface area contributed by atoms with Gasteiger partial charge in [0.2, 0.25) is 6.79 Å². The number of morpholine rings is 1. The van der Waals surface area contributed by atoms with Crippen molar-refractivity contribution in [3.05, 3.63) is 53.6 Å². The van der Waals surface area contributed by atoms with Crippen LogP contribution < -0.4 is 24.4 Å². The third-order valence-electron chi connectivity index (χ3n) is 5.63. The van der Waals surface area contributed by atoms with Crippen LogP contribution in [-0.2, 0) is 19.1 Å². The summed E-state index contributed by atoms with van der Waals surface area (Å²) in [4.78, 5) is 52.7. The van der Waals surface area contributed by atoms with Crippen LogP contribution in [0, 0.1) is 0 Å². The lowest BCUT2D eigenvalue weighted by molar-refractivity contribution is -0.137. The van der Waals surface area contributed by atoms with E-state index in [0.717, 1.165) is 4.90 Å². The first-order valence-electron chi connectivity index (χ1n) is 10.9. The summed E-state index contributed by atoms with van der Waals surface area (Å²) in [5.41, 5.74) is 0.567. The van der Waals surface area contributed by atoms with Gasteiger partial charge in [-0.2, -0.15) is 0 Å². The Morgan fingerprint density at radius 2 is 1.74 bits per heavy atom. The van der Waals surface area contributed by atoms with Gasteiger partial charge in [-0.3, -0.25) is 19.7 Å². The molecule has 180 valence electrons. The molecule has 0 spiro atoms. The summed E-state index contributed by atoms with van der Waals surface area (Å²) in [5, 5.41) is 2.18. The first-order chi connectivity index (χ1) is 17.0. The van der Waals surface area contributed by atoms with Crippen molar-refractivity contribution < 1.29 is 38.1 Å². The third-order valence-corrected chi connectivity index (χ3v) is 5.63. The molecule has 0 aromatic heterocycles. The van der Waals surface area contributed by atoms with E-state index in [2.05, 4.69) is 5.32 Å². The highest BCUT2D eigenvalue weighted by Gasteiger charge is 2.37. The van der Waals surface area contributed by atoms with Gasteiger partial charge in [0.1, 0.15) is 11.3 Å². The number of nitrogens with zero attached hydrogens (tertiary/aromatic N) is 2. The Bertz CT molecular complexity index is 1220. The Balaban J connectivity index is 1.29. The van der Waals surface area contributed by atoms with Crippen molar-refractivity contribution in [2.45, 2.75) is 0 Å². The molecule has 2 fully saturated rings. The number of carbonyl (C=O) groups excluding carboxylic acids is 4. The van der Waals surface area contributed by atoms with E-state index in [1.54, 1.807) is 35.2 Å². The van der Waals surface area contributed by atoms with Crippen LogP contribution in [0.4, 0.5) is 10.5 Å². The molecule has 3 aliphatic rings. The number of anilines is 1. The monoisotopic (exact) mass is 479 g/mol. The van der Waals surface area contributed by atoms with Gasteiger partial charge >= 0.3 is 6.03 Å². The van der Waals surface area contributed by atoms with E-state index in [-0.39, 0.29) is 30.6 Å². The first kappa shape index (κ1) is 22.4. The van der Waals surface area contributed by atoms with Gasteiger partial charge in [0.25, 0.3) is 17.7 Å². The molecule has 35 heavy (non-hydrogen) atoms. The number of amides is 5. The van der Waals surface area contributed by atoms with E-state index in [0.29, 0.717) is 49.1 Å². The molecule has 0 bridgehead atoms. The smallest absolute Gasteiger partial charge is 0.335 e. The average Bonchev–Trinajstić information content (AvgIpc) is 3.34. The number of barbiturate groups is 1. The van der Waals surface area contributed by atoms with Crippen molar-refractivity contribution in [2.24, 2.45) is 0 Å². The largest absolute Gasteiger partial charge is 0.484 e. The average molecular weight is 479 g/mol. The Hall–Kier alpha value is -4.38.